The maximum absolute atomic E-state index is 5.94. The van der Waals surface area contributed by atoms with Crippen molar-refractivity contribution in [1.82, 2.24) is 9.97 Å². The summed E-state index contributed by atoms with van der Waals surface area (Å²) in [4.78, 5) is 9.17. The average Bonchev–Trinajstić information content (AvgIpc) is 2.29. The van der Waals surface area contributed by atoms with Crippen molar-refractivity contribution in [3.05, 3.63) is 40.1 Å². The van der Waals surface area contributed by atoms with Crippen molar-refractivity contribution in [3.8, 4) is 0 Å². The maximum Gasteiger partial charge on any atom is 0.192 e. The third-order valence-electron chi connectivity index (χ3n) is 2.01. The quantitative estimate of drug-likeness (QED) is 0.673. The maximum atomic E-state index is 5.94. The minimum atomic E-state index is 0.443. The van der Waals surface area contributed by atoms with E-state index in [0.717, 1.165) is 10.5 Å². The molecule has 0 aliphatic carbocycles. The highest BCUT2D eigenvalue weighted by Gasteiger charge is 2.08. The number of anilines is 1. The van der Waals surface area contributed by atoms with Gasteiger partial charge >= 0.3 is 0 Å². The van der Waals surface area contributed by atoms with Crippen LogP contribution in [0.3, 0.4) is 0 Å². The fourth-order valence-corrected chi connectivity index (χ4v) is 2.33. The zero-order valence-corrected chi connectivity index (χ0v) is 11.3. The zero-order chi connectivity index (χ0) is 12.4. The first-order valence-electron chi connectivity index (χ1n) is 4.77. The lowest BCUT2D eigenvalue weighted by molar-refractivity contribution is 0.950. The normalized spacial score (nSPS) is 10.5. The molecule has 17 heavy (non-hydrogen) atoms. The SMILES string of the molecule is Cc1cnc(Sc2cc(Cl)c(Cl)cc2N)nc1. The lowest BCUT2D eigenvalue weighted by Gasteiger charge is -2.06. The van der Waals surface area contributed by atoms with Crippen LogP contribution < -0.4 is 5.73 Å². The van der Waals surface area contributed by atoms with Crippen molar-refractivity contribution in [2.75, 3.05) is 5.73 Å². The molecule has 1 aromatic heterocycles. The summed E-state index contributed by atoms with van der Waals surface area (Å²) < 4.78 is 0. The van der Waals surface area contributed by atoms with Gasteiger partial charge in [-0.05, 0) is 36.4 Å². The molecule has 0 radical (unpaired) electrons. The monoisotopic (exact) mass is 285 g/mol. The third kappa shape index (κ3) is 3.03. The summed E-state index contributed by atoms with van der Waals surface area (Å²) in [5.74, 6) is 0. The van der Waals surface area contributed by atoms with E-state index in [1.807, 2.05) is 6.92 Å². The Kier molecular flexibility index (Phi) is 3.76. The third-order valence-corrected chi connectivity index (χ3v) is 3.70. The zero-order valence-electron chi connectivity index (χ0n) is 8.95. The molecule has 3 nitrogen and oxygen atoms in total. The predicted octanol–water partition coefficient (Wildman–Crippen LogP) is 3.83. The molecular formula is C11H9Cl2N3S. The number of nitrogens with zero attached hydrogens (tertiary/aromatic N) is 2. The minimum Gasteiger partial charge on any atom is -0.398 e. The molecule has 0 saturated heterocycles. The molecule has 0 aliphatic rings. The standard InChI is InChI=1S/C11H9Cl2N3S/c1-6-4-15-11(16-5-6)17-10-3-8(13)7(12)2-9(10)14/h2-5H,14H2,1H3. The molecule has 0 aliphatic heterocycles. The van der Waals surface area contributed by atoms with Gasteiger partial charge in [0.2, 0.25) is 0 Å². The minimum absolute atomic E-state index is 0.443. The average molecular weight is 286 g/mol. The fraction of sp³-hybridized carbons (Fsp3) is 0.0909. The molecule has 0 spiro atoms. The Morgan fingerprint density at radius 3 is 2.35 bits per heavy atom. The summed E-state index contributed by atoms with van der Waals surface area (Å²) in [5.41, 5.74) is 7.42. The van der Waals surface area contributed by atoms with Crippen molar-refractivity contribution in [3.63, 3.8) is 0 Å². The van der Waals surface area contributed by atoms with Gasteiger partial charge in [-0.15, -0.1) is 0 Å². The Balaban J connectivity index is 2.30. The predicted molar refractivity (Wildman–Crippen MR) is 71.8 cm³/mol. The van der Waals surface area contributed by atoms with Crippen molar-refractivity contribution in [2.24, 2.45) is 0 Å². The van der Waals surface area contributed by atoms with Crippen LogP contribution in [0.4, 0.5) is 5.69 Å². The van der Waals surface area contributed by atoms with Crippen LogP contribution in [0.2, 0.25) is 10.0 Å². The van der Waals surface area contributed by atoms with Gasteiger partial charge in [-0.3, -0.25) is 0 Å². The Morgan fingerprint density at radius 1 is 1.12 bits per heavy atom. The van der Waals surface area contributed by atoms with Gasteiger partial charge in [0.25, 0.3) is 0 Å². The van der Waals surface area contributed by atoms with Crippen LogP contribution in [-0.2, 0) is 0 Å². The van der Waals surface area contributed by atoms with E-state index in [1.165, 1.54) is 11.8 Å². The molecular weight excluding hydrogens is 277 g/mol. The molecule has 0 fully saturated rings. The first kappa shape index (κ1) is 12.5. The summed E-state index contributed by atoms with van der Waals surface area (Å²) in [6.45, 7) is 1.93. The molecule has 2 rings (SSSR count). The summed E-state index contributed by atoms with van der Waals surface area (Å²) in [7, 11) is 0. The first-order chi connectivity index (χ1) is 8.06. The van der Waals surface area contributed by atoms with Gasteiger partial charge in [0.05, 0.1) is 10.0 Å². The van der Waals surface area contributed by atoms with Crippen molar-refractivity contribution < 1.29 is 0 Å². The molecule has 88 valence electrons. The largest absolute Gasteiger partial charge is 0.398 e. The van der Waals surface area contributed by atoms with Gasteiger partial charge in [0.15, 0.2) is 5.16 Å². The van der Waals surface area contributed by atoms with Gasteiger partial charge in [0.1, 0.15) is 0 Å². The Labute approximate surface area is 113 Å². The second-order valence-electron chi connectivity index (χ2n) is 3.45. The van der Waals surface area contributed by atoms with E-state index in [-0.39, 0.29) is 0 Å². The molecule has 2 N–H and O–H groups in total. The van der Waals surface area contributed by atoms with Crippen LogP contribution in [-0.4, -0.2) is 9.97 Å². The number of aryl methyl sites for hydroxylation is 1. The number of rotatable bonds is 2. The van der Waals surface area contributed by atoms with Crippen molar-refractivity contribution >= 4 is 40.7 Å². The summed E-state index contributed by atoms with van der Waals surface area (Å²) in [6.07, 6.45) is 3.51. The second-order valence-corrected chi connectivity index (χ2v) is 5.27. The van der Waals surface area contributed by atoms with Gasteiger partial charge in [-0.2, -0.15) is 0 Å². The van der Waals surface area contributed by atoms with Crippen LogP contribution in [0.1, 0.15) is 5.56 Å². The number of benzene rings is 1. The molecule has 6 heteroatoms. The number of hydrogen-bond acceptors (Lipinski definition) is 4. The topological polar surface area (TPSA) is 51.8 Å². The van der Waals surface area contributed by atoms with E-state index in [9.17, 15) is 0 Å². The van der Waals surface area contributed by atoms with E-state index in [0.29, 0.717) is 20.9 Å². The highest BCUT2D eigenvalue weighted by atomic mass is 35.5. The summed E-state index contributed by atoms with van der Waals surface area (Å²) in [5, 5.41) is 1.54. The lowest BCUT2D eigenvalue weighted by atomic mass is 10.3. The van der Waals surface area contributed by atoms with Gasteiger partial charge in [-0.1, -0.05) is 23.2 Å². The van der Waals surface area contributed by atoms with E-state index in [1.54, 1.807) is 24.5 Å². The van der Waals surface area contributed by atoms with Crippen molar-refractivity contribution in [2.45, 2.75) is 17.0 Å². The highest BCUT2D eigenvalue weighted by Crippen LogP contribution is 2.35. The fourth-order valence-electron chi connectivity index (χ4n) is 1.16. The Morgan fingerprint density at radius 2 is 1.71 bits per heavy atom. The second kappa shape index (κ2) is 5.12. The smallest absolute Gasteiger partial charge is 0.192 e. The molecule has 1 aromatic carbocycles. The van der Waals surface area contributed by atoms with E-state index in [2.05, 4.69) is 9.97 Å². The summed E-state index contributed by atoms with van der Waals surface area (Å²) in [6, 6.07) is 3.34. The Hall–Kier alpha value is -0.970. The van der Waals surface area contributed by atoms with Gasteiger partial charge in [0, 0.05) is 23.0 Å². The Bertz CT molecular complexity index is 543. The molecule has 0 atom stereocenters. The lowest BCUT2D eigenvalue weighted by Crippen LogP contribution is -1.91. The summed E-state index contributed by atoms with van der Waals surface area (Å²) >= 11 is 13.1. The number of hydrogen-bond donors (Lipinski definition) is 1. The molecule has 0 unspecified atom stereocenters. The number of nitrogen functional groups attached to an aromatic ring is 1. The molecule has 0 saturated carbocycles. The van der Waals surface area contributed by atoms with E-state index < -0.39 is 0 Å². The molecule has 2 aromatic rings. The number of halogens is 2. The number of aromatic nitrogens is 2. The van der Waals surface area contributed by atoms with Crippen LogP contribution >= 0.6 is 35.0 Å². The van der Waals surface area contributed by atoms with Crippen LogP contribution in [0, 0.1) is 6.92 Å². The van der Waals surface area contributed by atoms with Crippen LogP contribution in [0.5, 0.6) is 0 Å². The van der Waals surface area contributed by atoms with Crippen LogP contribution in [0.15, 0.2) is 34.6 Å². The van der Waals surface area contributed by atoms with E-state index in [4.69, 9.17) is 28.9 Å². The molecule has 0 bridgehead atoms. The van der Waals surface area contributed by atoms with Gasteiger partial charge in [-0.25, -0.2) is 9.97 Å². The molecule has 0 amide bonds. The van der Waals surface area contributed by atoms with Crippen LogP contribution in [0.25, 0.3) is 0 Å². The van der Waals surface area contributed by atoms with E-state index >= 15 is 0 Å². The van der Waals surface area contributed by atoms with Gasteiger partial charge < -0.3 is 5.73 Å². The number of nitrogens with two attached hydrogens (primary N) is 1. The highest BCUT2D eigenvalue weighted by molar-refractivity contribution is 7.99. The first-order valence-corrected chi connectivity index (χ1v) is 6.34. The molecule has 1 heterocycles. The van der Waals surface area contributed by atoms with Crippen molar-refractivity contribution in [1.29, 1.82) is 0 Å².